The first-order valence-corrected chi connectivity index (χ1v) is 13.3. The molecule has 0 fully saturated rings. The van der Waals surface area contributed by atoms with Gasteiger partial charge in [-0.3, -0.25) is 9.69 Å². The number of hydrogen-bond acceptors (Lipinski definition) is 6. The topological polar surface area (TPSA) is 70.6 Å². The van der Waals surface area contributed by atoms with Crippen LogP contribution in [0.15, 0.2) is 47.4 Å². The highest BCUT2D eigenvalue weighted by Gasteiger charge is 2.23. The van der Waals surface area contributed by atoms with Crippen LogP contribution in [0.4, 0.5) is 5.13 Å². The van der Waals surface area contributed by atoms with E-state index in [2.05, 4.69) is 17.9 Å². The predicted octanol–water partition coefficient (Wildman–Crippen LogP) is 4.74. The molecule has 0 atom stereocenters. The van der Waals surface area contributed by atoms with Crippen molar-refractivity contribution in [3.05, 3.63) is 53.6 Å². The Morgan fingerprint density at radius 1 is 1.06 bits per heavy atom. The number of amides is 1. The van der Waals surface area contributed by atoms with Gasteiger partial charge in [0, 0.05) is 13.0 Å². The van der Waals surface area contributed by atoms with E-state index in [1.807, 2.05) is 33.2 Å². The summed E-state index contributed by atoms with van der Waals surface area (Å²) < 4.78 is 26.5. The molecule has 3 aromatic rings. The smallest absolute Gasteiger partial charge is 0.229 e. The number of nitrogens with zero attached hydrogens (tertiary/aromatic N) is 3. The fourth-order valence-electron chi connectivity index (χ4n) is 3.49. The van der Waals surface area contributed by atoms with Gasteiger partial charge in [-0.15, -0.1) is 12.4 Å². The number of sulfone groups is 1. The van der Waals surface area contributed by atoms with E-state index < -0.39 is 9.84 Å². The monoisotopic (exact) mass is 509 g/mol. The third kappa shape index (κ3) is 6.99. The lowest BCUT2D eigenvalue weighted by Gasteiger charge is -2.21. The van der Waals surface area contributed by atoms with E-state index in [-0.39, 0.29) is 35.4 Å². The van der Waals surface area contributed by atoms with Gasteiger partial charge in [0.05, 0.1) is 20.9 Å². The lowest BCUT2D eigenvalue weighted by atomic mass is 10.1. The number of para-hydroxylation sites is 1. The molecular weight excluding hydrogens is 478 g/mol. The van der Waals surface area contributed by atoms with Crippen molar-refractivity contribution in [2.24, 2.45) is 0 Å². The van der Waals surface area contributed by atoms with Crippen LogP contribution in [0.3, 0.4) is 0 Å². The molecule has 1 aromatic heterocycles. The summed E-state index contributed by atoms with van der Waals surface area (Å²) in [4.78, 5) is 22.0. The van der Waals surface area contributed by atoms with Crippen molar-refractivity contribution in [2.75, 3.05) is 37.8 Å². The maximum atomic E-state index is 13.2. The van der Waals surface area contributed by atoms with Crippen LogP contribution in [0.2, 0.25) is 0 Å². The average molecular weight is 510 g/mol. The third-order valence-corrected chi connectivity index (χ3v) is 8.13. The first kappa shape index (κ1) is 27.2. The molecule has 0 N–H and O–H groups in total. The van der Waals surface area contributed by atoms with Crippen LogP contribution in [-0.2, 0) is 21.1 Å². The van der Waals surface area contributed by atoms with Crippen molar-refractivity contribution >= 4 is 54.8 Å². The number of benzene rings is 2. The maximum absolute atomic E-state index is 13.2. The Morgan fingerprint density at radius 3 is 2.39 bits per heavy atom. The molecule has 0 aliphatic rings. The second-order valence-corrected chi connectivity index (χ2v) is 11.3. The molecule has 9 heteroatoms. The van der Waals surface area contributed by atoms with E-state index in [1.165, 1.54) is 11.3 Å². The SMILES string of the molecule is CCc1cccc2sc(N(CCCN(C)C)C(=O)CCS(=O)(=O)c3ccc(C)cc3)nc12.Cl. The number of hydrogen-bond donors (Lipinski definition) is 0. The average Bonchev–Trinajstić information content (AvgIpc) is 3.19. The van der Waals surface area contributed by atoms with Gasteiger partial charge in [-0.1, -0.05) is 48.1 Å². The molecule has 0 radical (unpaired) electrons. The Morgan fingerprint density at radius 2 is 1.76 bits per heavy atom. The summed E-state index contributed by atoms with van der Waals surface area (Å²) >= 11 is 1.48. The number of fused-ring (bicyclic) bond motifs is 1. The summed E-state index contributed by atoms with van der Waals surface area (Å²) in [6.45, 7) is 5.33. The molecule has 2 aromatic carbocycles. The van der Waals surface area contributed by atoms with Crippen LogP contribution in [0.1, 0.15) is 30.9 Å². The van der Waals surface area contributed by atoms with Gasteiger partial charge < -0.3 is 4.90 Å². The molecule has 0 spiro atoms. The molecule has 0 saturated carbocycles. The normalized spacial score (nSPS) is 11.5. The minimum Gasteiger partial charge on any atom is -0.309 e. The maximum Gasteiger partial charge on any atom is 0.229 e. The first-order chi connectivity index (χ1) is 15.2. The molecule has 1 amide bonds. The van der Waals surface area contributed by atoms with Crippen molar-refractivity contribution < 1.29 is 13.2 Å². The van der Waals surface area contributed by atoms with Crippen molar-refractivity contribution in [1.82, 2.24) is 9.88 Å². The highest BCUT2D eigenvalue weighted by Crippen LogP contribution is 2.31. The fourth-order valence-corrected chi connectivity index (χ4v) is 5.77. The van der Waals surface area contributed by atoms with Gasteiger partial charge in [-0.2, -0.15) is 0 Å². The molecule has 0 unspecified atom stereocenters. The Kier molecular flexibility index (Phi) is 9.84. The number of thiazole rings is 1. The molecule has 0 aliphatic carbocycles. The summed E-state index contributed by atoms with van der Waals surface area (Å²) in [6.07, 6.45) is 1.57. The molecule has 6 nitrogen and oxygen atoms in total. The van der Waals surface area contributed by atoms with Crippen molar-refractivity contribution in [1.29, 1.82) is 0 Å². The second-order valence-electron chi connectivity index (χ2n) is 8.20. The van der Waals surface area contributed by atoms with Crippen LogP contribution < -0.4 is 4.90 Å². The van der Waals surface area contributed by atoms with Gasteiger partial charge in [-0.05, 0) is 64.2 Å². The number of aromatic nitrogens is 1. The molecule has 180 valence electrons. The van der Waals surface area contributed by atoms with E-state index in [1.54, 1.807) is 29.2 Å². The van der Waals surface area contributed by atoms with E-state index in [4.69, 9.17) is 4.98 Å². The zero-order valence-corrected chi connectivity index (χ0v) is 22.0. The van der Waals surface area contributed by atoms with E-state index >= 15 is 0 Å². The Balaban J connectivity index is 0.00000385. The fraction of sp³-hybridized carbons (Fsp3) is 0.417. The lowest BCUT2D eigenvalue weighted by molar-refractivity contribution is -0.118. The summed E-state index contributed by atoms with van der Waals surface area (Å²) in [6, 6.07) is 12.8. The zero-order valence-electron chi connectivity index (χ0n) is 19.6. The van der Waals surface area contributed by atoms with Crippen LogP contribution in [0, 0.1) is 6.92 Å². The first-order valence-electron chi connectivity index (χ1n) is 10.8. The Labute approximate surface area is 207 Å². The predicted molar refractivity (Wildman–Crippen MR) is 140 cm³/mol. The van der Waals surface area contributed by atoms with Gasteiger partial charge >= 0.3 is 0 Å². The van der Waals surface area contributed by atoms with Crippen LogP contribution in [-0.4, -0.2) is 57.1 Å². The van der Waals surface area contributed by atoms with Gasteiger partial charge in [0.2, 0.25) is 5.91 Å². The van der Waals surface area contributed by atoms with E-state index in [0.29, 0.717) is 11.7 Å². The van der Waals surface area contributed by atoms with Crippen LogP contribution >= 0.6 is 23.7 Å². The van der Waals surface area contributed by atoms with Gasteiger partial charge in [0.25, 0.3) is 0 Å². The Bertz CT molecular complexity index is 1180. The van der Waals surface area contributed by atoms with Crippen LogP contribution in [0.5, 0.6) is 0 Å². The largest absolute Gasteiger partial charge is 0.309 e. The van der Waals surface area contributed by atoms with Crippen molar-refractivity contribution in [3.63, 3.8) is 0 Å². The summed E-state index contributed by atoms with van der Waals surface area (Å²) in [5.74, 6) is -0.430. The molecule has 1 heterocycles. The summed E-state index contributed by atoms with van der Waals surface area (Å²) in [7, 11) is 0.453. The zero-order chi connectivity index (χ0) is 23.3. The number of anilines is 1. The molecule has 0 saturated heterocycles. The standard InChI is InChI=1S/C24H31N3O3S2.ClH/c1-5-19-8-6-9-21-23(19)25-24(31-21)27(16-7-15-26(3)4)22(28)14-17-32(29,30)20-12-10-18(2)11-13-20;/h6,8-13H,5,7,14-17H2,1-4H3;1H. The highest BCUT2D eigenvalue weighted by atomic mass is 35.5. The summed E-state index contributed by atoms with van der Waals surface area (Å²) in [5, 5.41) is 0.636. The molecule has 3 rings (SSSR count). The number of carbonyl (C=O) groups excluding carboxylic acids is 1. The number of rotatable bonds is 10. The van der Waals surface area contributed by atoms with Crippen molar-refractivity contribution in [2.45, 2.75) is 38.0 Å². The summed E-state index contributed by atoms with van der Waals surface area (Å²) in [5.41, 5.74) is 3.06. The Hall–Kier alpha value is -2.00. The molecular formula is C24H32ClN3O3S2. The van der Waals surface area contributed by atoms with Crippen molar-refractivity contribution in [3.8, 4) is 0 Å². The second kappa shape index (κ2) is 11.9. The lowest BCUT2D eigenvalue weighted by Crippen LogP contribution is -2.34. The van der Waals surface area contributed by atoms with E-state index in [9.17, 15) is 13.2 Å². The third-order valence-electron chi connectivity index (χ3n) is 5.36. The molecule has 33 heavy (non-hydrogen) atoms. The quantitative estimate of drug-likeness (QED) is 0.395. The number of carbonyl (C=O) groups is 1. The number of aryl methyl sites for hydroxylation is 2. The van der Waals surface area contributed by atoms with Gasteiger partial charge in [0.1, 0.15) is 0 Å². The molecule has 0 aliphatic heterocycles. The highest BCUT2D eigenvalue weighted by molar-refractivity contribution is 7.91. The van der Waals surface area contributed by atoms with E-state index in [0.717, 1.165) is 40.7 Å². The minimum atomic E-state index is -3.53. The van der Waals surface area contributed by atoms with Crippen LogP contribution in [0.25, 0.3) is 10.2 Å². The van der Waals surface area contributed by atoms with Gasteiger partial charge in [0.15, 0.2) is 15.0 Å². The molecule has 0 bridgehead atoms. The number of halogens is 1. The minimum absolute atomic E-state index is 0. The van der Waals surface area contributed by atoms with Gasteiger partial charge in [-0.25, -0.2) is 13.4 Å².